The molecule has 4 saturated heterocycles. The van der Waals surface area contributed by atoms with Gasteiger partial charge < -0.3 is 25.1 Å². The number of hydrogen-bond acceptors (Lipinski definition) is 13. The second-order valence-corrected chi connectivity index (χ2v) is 15.0. The number of nitrogens with one attached hydrogen (secondary N) is 2. The van der Waals surface area contributed by atoms with Crippen LogP contribution in [0.25, 0.3) is 11.3 Å². The van der Waals surface area contributed by atoms with E-state index >= 15 is 0 Å². The van der Waals surface area contributed by atoms with E-state index in [0.29, 0.717) is 34.5 Å². The van der Waals surface area contributed by atoms with Crippen molar-refractivity contribution in [2.75, 3.05) is 93.7 Å². The smallest absolute Gasteiger partial charge is 0.262 e. The molecule has 0 spiro atoms. The Morgan fingerprint density at radius 2 is 1.57 bits per heavy atom. The molecule has 3 N–H and O–H groups in total. The normalized spacial score (nSPS) is 25.3. The maximum Gasteiger partial charge on any atom is 0.262 e. The number of likely N-dealkylation sites (tertiary alicyclic amines) is 1. The molecule has 276 valence electrons. The average molecular weight is 721 g/mol. The van der Waals surface area contributed by atoms with Gasteiger partial charge in [0.05, 0.1) is 28.6 Å². The van der Waals surface area contributed by atoms with Crippen LogP contribution in [0, 0.1) is 0 Å². The van der Waals surface area contributed by atoms with Crippen LogP contribution in [0.15, 0.2) is 48.5 Å². The Hall–Kier alpha value is -5.12. The highest BCUT2D eigenvalue weighted by atomic mass is 16.3. The molecule has 7 heterocycles. The predicted octanol–water partition coefficient (Wildman–Crippen LogP) is 1.06. The van der Waals surface area contributed by atoms with E-state index < -0.39 is 23.8 Å². The third kappa shape index (κ3) is 6.25. The first-order chi connectivity index (χ1) is 25.8. The third-order valence-electron chi connectivity index (χ3n) is 11.9. The Labute approximate surface area is 307 Å². The van der Waals surface area contributed by atoms with Crippen LogP contribution < -0.4 is 20.4 Å². The topological polar surface area (TPSA) is 158 Å². The largest absolute Gasteiger partial charge is 0.507 e. The summed E-state index contributed by atoms with van der Waals surface area (Å²) in [7, 11) is 0. The minimum atomic E-state index is -0.960. The Morgan fingerprint density at radius 1 is 0.755 bits per heavy atom. The lowest BCUT2D eigenvalue weighted by molar-refractivity contribution is -0.136. The molecule has 0 bridgehead atoms. The summed E-state index contributed by atoms with van der Waals surface area (Å²) in [6.45, 7) is 11.5. The molecule has 4 fully saturated rings. The standard InChI is InChI=1S/C38H44N10O5/c49-33-4-2-1-3-28(33)30-20-32-35(42-41-30)39-21-26-23-46(17-18-47(26)32)25-9-10-44(22-25)12-11-43-13-15-45(16-14-43)24-5-6-27-29(19-24)38(53)48(37(27)52)31-7-8-34(50)40-36(31)51/h1-6,19-20,25-26,31,49H,7-18,21-23H2,(H,39,42)(H,40,50,51). The number of nitrogens with zero attached hydrogens (tertiary/aromatic N) is 8. The number of imide groups is 2. The monoisotopic (exact) mass is 720 g/mol. The average Bonchev–Trinajstić information content (AvgIpc) is 3.76. The number of piperazine rings is 2. The van der Waals surface area contributed by atoms with Crippen molar-refractivity contribution in [1.29, 1.82) is 0 Å². The SMILES string of the molecule is O=C1CCC(N2C(=O)c3ccc(N4CCN(CCN5CCC(N6CCN7c8cc(-c9ccccc9O)nnc8NCC7C6)C5)CC4)cc3C2=O)C(=O)N1. The second kappa shape index (κ2) is 13.7. The van der Waals surface area contributed by atoms with E-state index in [1.165, 1.54) is 6.42 Å². The molecule has 0 saturated carbocycles. The molecule has 15 heteroatoms. The van der Waals surface area contributed by atoms with Gasteiger partial charge in [-0.1, -0.05) is 12.1 Å². The lowest BCUT2D eigenvalue weighted by Crippen LogP contribution is -2.60. The van der Waals surface area contributed by atoms with Gasteiger partial charge in [-0.25, -0.2) is 0 Å². The van der Waals surface area contributed by atoms with Gasteiger partial charge in [-0.05, 0) is 55.8 Å². The molecule has 53 heavy (non-hydrogen) atoms. The van der Waals surface area contributed by atoms with Crippen LogP contribution >= 0.6 is 0 Å². The van der Waals surface area contributed by atoms with E-state index in [9.17, 15) is 24.3 Å². The molecule has 6 aliphatic heterocycles. The summed E-state index contributed by atoms with van der Waals surface area (Å²) in [5, 5.41) is 25.0. The van der Waals surface area contributed by atoms with Gasteiger partial charge in [-0.2, -0.15) is 0 Å². The molecular formula is C38H44N10O5. The number of anilines is 3. The van der Waals surface area contributed by atoms with Gasteiger partial charge in [0.1, 0.15) is 11.8 Å². The van der Waals surface area contributed by atoms with Gasteiger partial charge in [0.2, 0.25) is 11.8 Å². The van der Waals surface area contributed by atoms with Gasteiger partial charge in [-0.15, -0.1) is 10.2 Å². The maximum atomic E-state index is 13.3. The summed E-state index contributed by atoms with van der Waals surface area (Å²) in [5.41, 5.74) is 3.95. The Balaban J connectivity index is 0.749. The number of phenols is 1. The van der Waals surface area contributed by atoms with Crippen LogP contribution in [0.2, 0.25) is 0 Å². The molecule has 3 atom stereocenters. The highest BCUT2D eigenvalue weighted by Crippen LogP contribution is 2.37. The summed E-state index contributed by atoms with van der Waals surface area (Å²) >= 11 is 0. The number of amides is 4. The fraction of sp³-hybridized carbons (Fsp3) is 0.474. The number of para-hydroxylation sites is 1. The Morgan fingerprint density at radius 3 is 2.40 bits per heavy atom. The molecule has 4 amide bonds. The highest BCUT2D eigenvalue weighted by Gasteiger charge is 2.45. The van der Waals surface area contributed by atoms with Gasteiger partial charge in [0, 0.05) is 95.7 Å². The van der Waals surface area contributed by atoms with Crippen LogP contribution in [0.4, 0.5) is 17.2 Å². The van der Waals surface area contributed by atoms with Crippen LogP contribution in [-0.2, 0) is 9.59 Å². The van der Waals surface area contributed by atoms with Crippen molar-refractivity contribution >= 4 is 40.8 Å². The zero-order chi connectivity index (χ0) is 36.2. The lowest BCUT2D eigenvalue weighted by atomic mass is 10.0. The summed E-state index contributed by atoms with van der Waals surface area (Å²) in [4.78, 5) is 64.0. The number of rotatable bonds is 7. The number of phenolic OH excluding ortho intramolecular Hbond substituents is 1. The highest BCUT2D eigenvalue weighted by molar-refractivity contribution is 6.23. The van der Waals surface area contributed by atoms with Crippen molar-refractivity contribution in [3.63, 3.8) is 0 Å². The van der Waals surface area contributed by atoms with Crippen molar-refractivity contribution in [1.82, 2.24) is 35.1 Å². The maximum absolute atomic E-state index is 13.3. The fourth-order valence-electron chi connectivity index (χ4n) is 8.95. The number of carbonyl (C=O) groups excluding carboxylic acids is 4. The van der Waals surface area contributed by atoms with E-state index in [1.807, 2.05) is 24.3 Å². The summed E-state index contributed by atoms with van der Waals surface area (Å²) in [5.74, 6) is -0.919. The van der Waals surface area contributed by atoms with E-state index in [4.69, 9.17) is 0 Å². The molecule has 3 unspecified atom stereocenters. The number of carbonyl (C=O) groups is 4. The fourth-order valence-corrected chi connectivity index (χ4v) is 8.95. The minimum absolute atomic E-state index is 0.102. The number of aromatic hydroxyl groups is 1. The van der Waals surface area contributed by atoms with E-state index in [0.717, 1.165) is 101 Å². The molecule has 15 nitrogen and oxygen atoms in total. The third-order valence-corrected chi connectivity index (χ3v) is 11.9. The summed E-state index contributed by atoms with van der Waals surface area (Å²) in [6.07, 6.45) is 1.42. The van der Waals surface area contributed by atoms with Gasteiger partial charge in [0.15, 0.2) is 5.82 Å². The van der Waals surface area contributed by atoms with Crippen LogP contribution in [-0.4, -0.2) is 155 Å². The van der Waals surface area contributed by atoms with Gasteiger partial charge in [-0.3, -0.25) is 39.2 Å². The predicted molar refractivity (Wildman–Crippen MR) is 197 cm³/mol. The molecule has 0 radical (unpaired) electrons. The van der Waals surface area contributed by atoms with E-state index in [2.05, 4.69) is 51.4 Å². The zero-order valence-electron chi connectivity index (χ0n) is 29.6. The molecule has 6 aliphatic rings. The molecule has 2 aromatic carbocycles. The molecule has 1 aromatic heterocycles. The first-order valence-electron chi connectivity index (χ1n) is 18.8. The van der Waals surface area contributed by atoms with Crippen LogP contribution in [0.3, 0.4) is 0 Å². The summed E-state index contributed by atoms with van der Waals surface area (Å²) in [6, 6.07) is 14.6. The Bertz CT molecular complexity index is 1970. The van der Waals surface area contributed by atoms with Crippen molar-refractivity contribution in [3.8, 4) is 17.0 Å². The Kier molecular flexibility index (Phi) is 8.71. The number of piperidine rings is 1. The minimum Gasteiger partial charge on any atom is -0.507 e. The second-order valence-electron chi connectivity index (χ2n) is 15.0. The zero-order valence-corrected chi connectivity index (χ0v) is 29.6. The molecular weight excluding hydrogens is 676 g/mol. The first kappa shape index (κ1) is 33.7. The number of hydrogen-bond donors (Lipinski definition) is 3. The molecule has 9 rings (SSSR count). The van der Waals surface area contributed by atoms with E-state index in [1.54, 1.807) is 18.2 Å². The molecule has 0 aliphatic carbocycles. The van der Waals surface area contributed by atoms with Crippen molar-refractivity contribution in [2.24, 2.45) is 0 Å². The van der Waals surface area contributed by atoms with Crippen LogP contribution in [0.1, 0.15) is 40.0 Å². The van der Waals surface area contributed by atoms with Gasteiger partial charge in [0.25, 0.3) is 11.8 Å². The van der Waals surface area contributed by atoms with Gasteiger partial charge >= 0.3 is 0 Å². The number of benzene rings is 2. The van der Waals surface area contributed by atoms with Crippen molar-refractivity contribution in [3.05, 3.63) is 59.7 Å². The van der Waals surface area contributed by atoms with Crippen molar-refractivity contribution in [2.45, 2.75) is 37.4 Å². The molecule has 3 aromatic rings. The lowest BCUT2D eigenvalue weighted by Gasteiger charge is -2.47. The summed E-state index contributed by atoms with van der Waals surface area (Å²) < 4.78 is 0. The quantitative estimate of drug-likeness (QED) is 0.298. The number of fused-ring (bicyclic) bond motifs is 4. The number of aromatic nitrogens is 2. The van der Waals surface area contributed by atoms with Crippen LogP contribution in [0.5, 0.6) is 5.75 Å². The first-order valence-corrected chi connectivity index (χ1v) is 18.8. The van der Waals surface area contributed by atoms with Crippen molar-refractivity contribution < 1.29 is 24.3 Å². The van der Waals surface area contributed by atoms with E-state index in [-0.39, 0.29) is 24.5 Å².